The number of carbonyl (C=O) groups is 2. The normalized spacial score (nSPS) is 15.3. The molecule has 0 aliphatic carbocycles. The summed E-state index contributed by atoms with van der Waals surface area (Å²) in [5.41, 5.74) is 1.46. The predicted molar refractivity (Wildman–Crippen MR) is 67.6 cm³/mol. The van der Waals surface area contributed by atoms with Crippen molar-refractivity contribution in [1.29, 1.82) is 0 Å². The Balaban J connectivity index is 2.51. The van der Waals surface area contributed by atoms with Crippen molar-refractivity contribution in [1.82, 2.24) is 4.90 Å². The number of aliphatic hydroxyl groups is 1. The second-order valence-corrected chi connectivity index (χ2v) is 5.46. The molecule has 0 unspecified atom stereocenters. The van der Waals surface area contributed by atoms with E-state index >= 15 is 0 Å². The standard InChI is InChI=1S/C14H17NO3/c1-8-5-6-9(2)11-10(8)12(16)15(13(11)17)7-14(3,4)18/h5-6,18H,7H2,1-4H3. The maximum absolute atomic E-state index is 12.3. The number of fused-ring (bicyclic) bond motifs is 1. The Hall–Kier alpha value is -1.68. The molecule has 0 radical (unpaired) electrons. The largest absolute Gasteiger partial charge is 0.389 e. The fraction of sp³-hybridized carbons (Fsp3) is 0.429. The zero-order valence-corrected chi connectivity index (χ0v) is 11.1. The van der Waals surface area contributed by atoms with E-state index in [2.05, 4.69) is 0 Å². The predicted octanol–water partition coefficient (Wildman–Crippen LogP) is 1.67. The van der Waals surface area contributed by atoms with Crippen molar-refractivity contribution in [2.24, 2.45) is 0 Å². The minimum atomic E-state index is -1.09. The van der Waals surface area contributed by atoms with Crippen molar-refractivity contribution in [3.05, 3.63) is 34.4 Å². The van der Waals surface area contributed by atoms with E-state index in [0.29, 0.717) is 11.1 Å². The van der Waals surface area contributed by atoms with Crippen molar-refractivity contribution in [2.45, 2.75) is 33.3 Å². The van der Waals surface area contributed by atoms with Gasteiger partial charge in [-0.2, -0.15) is 0 Å². The van der Waals surface area contributed by atoms with Crippen LogP contribution in [0.3, 0.4) is 0 Å². The van der Waals surface area contributed by atoms with Crippen molar-refractivity contribution in [2.75, 3.05) is 6.54 Å². The first-order valence-corrected chi connectivity index (χ1v) is 5.91. The van der Waals surface area contributed by atoms with Gasteiger partial charge in [0, 0.05) is 0 Å². The van der Waals surface area contributed by atoms with Gasteiger partial charge in [-0.25, -0.2) is 0 Å². The van der Waals surface area contributed by atoms with Gasteiger partial charge >= 0.3 is 0 Å². The molecule has 96 valence electrons. The highest BCUT2D eigenvalue weighted by Gasteiger charge is 2.39. The van der Waals surface area contributed by atoms with Crippen LogP contribution in [0, 0.1) is 13.8 Å². The smallest absolute Gasteiger partial charge is 0.261 e. The third kappa shape index (κ3) is 1.93. The Labute approximate surface area is 106 Å². The third-order valence-electron chi connectivity index (χ3n) is 3.09. The van der Waals surface area contributed by atoms with Crippen molar-refractivity contribution in [3.8, 4) is 0 Å². The minimum Gasteiger partial charge on any atom is -0.389 e. The van der Waals surface area contributed by atoms with Crippen LogP contribution < -0.4 is 0 Å². The molecule has 1 N–H and O–H groups in total. The highest BCUT2D eigenvalue weighted by molar-refractivity contribution is 6.22. The van der Waals surface area contributed by atoms with Gasteiger partial charge in [0.25, 0.3) is 11.8 Å². The Bertz CT molecular complexity index is 500. The lowest BCUT2D eigenvalue weighted by Gasteiger charge is -2.23. The summed E-state index contributed by atoms with van der Waals surface area (Å²) in [4.78, 5) is 25.6. The summed E-state index contributed by atoms with van der Waals surface area (Å²) in [5, 5.41) is 9.79. The molecule has 1 heterocycles. The van der Waals surface area contributed by atoms with Gasteiger partial charge in [-0.15, -0.1) is 0 Å². The minimum absolute atomic E-state index is 0.0121. The van der Waals surface area contributed by atoms with Gasteiger partial charge < -0.3 is 5.11 Å². The molecular weight excluding hydrogens is 230 g/mol. The van der Waals surface area contributed by atoms with Crippen LogP contribution in [-0.2, 0) is 0 Å². The topological polar surface area (TPSA) is 57.6 Å². The summed E-state index contributed by atoms with van der Waals surface area (Å²) in [7, 11) is 0. The second-order valence-electron chi connectivity index (χ2n) is 5.46. The highest BCUT2D eigenvalue weighted by atomic mass is 16.3. The van der Waals surface area contributed by atoms with E-state index in [-0.39, 0.29) is 18.4 Å². The quantitative estimate of drug-likeness (QED) is 0.809. The van der Waals surface area contributed by atoms with E-state index in [9.17, 15) is 14.7 Å². The maximum Gasteiger partial charge on any atom is 0.261 e. The number of nitrogens with zero attached hydrogens (tertiary/aromatic N) is 1. The highest BCUT2D eigenvalue weighted by Crippen LogP contribution is 2.29. The summed E-state index contributed by atoms with van der Waals surface area (Å²) in [6.07, 6.45) is 0. The van der Waals surface area contributed by atoms with Crippen LogP contribution in [0.15, 0.2) is 12.1 Å². The van der Waals surface area contributed by atoms with Crippen LogP contribution in [0.4, 0.5) is 0 Å². The first kappa shape index (κ1) is 12.8. The van der Waals surface area contributed by atoms with Crippen molar-refractivity contribution in [3.63, 3.8) is 0 Å². The zero-order chi connectivity index (χ0) is 13.7. The number of benzene rings is 1. The summed E-state index contributed by atoms with van der Waals surface area (Å²) in [6.45, 7) is 6.80. The number of imide groups is 1. The Morgan fingerprint density at radius 1 is 1.06 bits per heavy atom. The number of amides is 2. The van der Waals surface area contributed by atoms with Crippen LogP contribution in [0.5, 0.6) is 0 Å². The van der Waals surface area contributed by atoms with E-state index in [4.69, 9.17) is 0 Å². The lowest BCUT2D eigenvalue weighted by molar-refractivity contribution is 0.0297. The summed E-state index contributed by atoms with van der Waals surface area (Å²) < 4.78 is 0. The third-order valence-corrected chi connectivity index (χ3v) is 3.09. The average Bonchev–Trinajstić information content (AvgIpc) is 2.48. The molecule has 2 amide bonds. The van der Waals surface area contributed by atoms with E-state index in [1.54, 1.807) is 13.8 Å². The number of hydrogen-bond acceptors (Lipinski definition) is 3. The molecule has 0 fully saturated rings. The van der Waals surface area contributed by atoms with Crippen molar-refractivity contribution >= 4 is 11.8 Å². The lowest BCUT2D eigenvalue weighted by atomic mass is 9.99. The molecule has 4 nitrogen and oxygen atoms in total. The first-order valence-electron chi connectivity index (χ1n) is 5.91. The number of rotatable bonds is 2. The average molecular weight is 247 g/mol. The summed E-state index contributed by atoms with van der Waals surface area (Å²) in [5.74, 6) is -0.614. The number of hydrogen-bond donors (Lipinski definition) is 1. The molecule has 1 aliphatic rings. The molecule has 1 aromatic rings. The molecule has 0 bridgehead atoms. The number of carbonyl (C=O) groups excluding carboxylic acids is 2. The molecule has 0 saturated heterocycles. The summed E-state index contributed by atoms with van der Waals surface area (Å²) >= 11 is 0. The Kier molecular flexibility index (Phi) is 2.78. The Morgan fingerprint density at radius 2 is 1.44 bits per heavy atom. The fourth-order valence-electron chi connectivity index (χ4n) is 2.25. The maximum atomic E-state index is 12.3. The molecule has 2 rings (SSSR count). The lowest BCUT2D eigenvalue weighted by Crippen LogP contribution is -2.41. The SMILES string of the molecule is Cc1ccc(C)c2c1C(=O)N(CC(C)(C)O)C2=O. The fourth-order valence-corrected chi connectivity index (χ4v) is 2.25. The van der Waals surface area contributed by atoms with Gasteiger partial charge in [-0.1, -0.05) is 12.1 Å². The van der Waals surface area contributed by atoms with Crippen LogP contribution in [-0.4, -0.2) is 34.0 Å². The number of aryl methyl sites for hydroxylation is 2. The van der Waals surface area contributed by atoms with Crippen LogP contribution in [0.1, 0.15) is 45.7 Å². The molecule has 4 heteroatoms. The molecule has 0 spiro atoms. The van der Waals surface area contributed by atoms with Crippen molar-refractivity contribution < 1.29 is 14.7 Å². The van der Waals surface area contributed by atoms with Crippen LogP contribution >= 0.6 is 0 Å². The van der Waals surface area contributed by atoms with E-state index in [0.717, 1.165) is 16.0 Å². The second kappa shape index (κ2) is 3.92. The van der Waals surface area contributed by atoms with Gasteiger partial charge in [0.15, 0.2) is 0 Å². The van der Waals surface area contributed by atoms with E-state index < -0.39 is 5.60 Å². The van der Waals surface area contributed by atoms with Gasteiger partial charge in [0.05, 0.1) is 23.3 Å². The number of β-amino-alcohol motifs (C(OH)–C–C–N with tert-alkyl or cyclic N) is 1. The molecular formula is C14H17NO3. The van der Waals surface area contributed by atoms with Gasteiger partial charge in [-0.3, -0.25) is 14.5 Å². The summed E-state index contributed by atoms with van der Waals surface area (Å²) in [6, 6.07) is 3.68. The van der Waals surface area contributed by atoms with Gasteiger partial charge in [-0.05, 0) is 38.8 Å². The molecule has 1 aromatic carbocycles. The molecule has 0 saturated carbocycles. The Morgan fingerprint density at radius 3 is 1.78 bits per heavy atom. The molecule has 18 heavy (non-hydrogen) atoms. The zero-order valence-electron chi connectivity index (χ0n) is 11.1. The molecule has 0 atom stereocenters. The van der Waals surface area contributed by atoms with Crippen LogP contribution in [0.2, 0.25) is 0 Å². The molecule has 0 aromatic heterocycles. The monoisotopic (exact) mass is 247 g/mol. The molecule has 1 aliphatic heterocycles. The van der Waals surface area contributed by atoms with Crippen LogP contribution in [0.25, 0.3) is 0 Å². The van der Waals surface area contributed by atoms with Gasteiger partial charge in [0.1, 0.15) is 0 Å². The van der Waals surface area contributed by atoms with E-state index in [1.807, 2.05) is 26.0 Å². The first-order chi connectivity index (χ1) is 8.22. The van der Waals surface area contributed by atoms with E-state index in [1.165, 1.54) is 0 Å². The van der Waals surface area contributed by atoms with Gasteiger partial charge in [0.2, 0.25) is 0 Å².